The minimum absolute atomic E-state index is 0.0833. The molecule has 0 saturated carbocycles. The summed E-state index contributed by atoms with van der Waals surface area (Å²) in [5.41, 5.74) is 13.8. The molecule has 0 aliphatic carbocycles. The molecule has 1 aliphatic heterocycles. The average Bonchev–Trinajstić information content (AvgIpc) is 3.03. The fourth-order valence-electron chi connectivity index (χ4n) is 2.76. The largest absolute Gasteiger partial charge is 0.394 e. The van der Waals surface area contributed by atoms with Gasteiger partial charge in [0.25, 0.3) is 0 Å². The normalized spacial score (nSPS) is 30.5. The summed E-state index contributed by atoms with van der Waals surface area (Å²) in [6.45, 7) is 1.14. The lowest BCUT2D eigenvalue weighted by Gasteiger charge is -2.30. The molecule has 0 radical (unpaired) electrons. The summed E-state index contributed by atoms with van der Waals surface area (Å²) in [7, 11) is 0. The van der Waals surface area contributed by atoms with Crippen LogP contribution in [0.1, 0.15) is 6.92 Å². The summed E-state index contributed by atoms with van der Waals surface area (Å²) >= 11 is 5.83. The van der Waals surface area contributed by atoms with Crippen LogP contribution in [0.25, 0.3) is 21.6 Å². The molecule has 0 aromatic carbocycles. The number of nitrogen functional groups attached to an aromatic ring is 1. The van der Waals surface area contributed by atoms with Crippen molar-refractivity contribution in [2.24, 2.45) is 5.11 Å². The second-order valence-electron chi connectivity index (χ2n) is 5.20. The number of fused-ring (bicyclic) bond motifs is 1. The van der Waals surface area contributed by atoms with Crippen LogP contribution in [0.5, 0.6) is 0 Å². The first kappa shape index (κ1) is 15.7. The highest BCUT2D eigenvalue weighted by Crippen LogP contribution is 2.39. The molecule has 2 aromatic heterocycles. The molecule has 0 amide bonds. The molecule has 4 N–H and O–H groups in total. The number of azide groups is 1. The van der Waals surface area contributed by atoms with Crippen LogP contribution in [0.3, 0.4) is 0 Å². The van der Waals surface area contributed by atoms with E-state index in [0.29, 0.717) is 5.52 Å². The number of halogens is 1. The van der Waals surface area contributed by atoms with Gasteiger partial charge in [-0.25, -0.2) is 4.98 Å². The van der Waals surface area contributed by atoms with Gasteiger partial charge in [-0.3, -0.25) is 4.57 Å². The van der Waals surface area contributed by atoms with Gasteiger partial charge in [-0.1, -0.05) is 5.11 Å². The van der Waals surface area contributed by atoms with Gasteiger partial charge < -0.3 is 20.7 Å². The maximum Gasteiger partial charge on any atom is 0.226 e. The lowest BCUT2D eigenvalue weighted by molar-refractivity contribution is -0.106. The van der Waals surface area contributed by atoms with E-state index >= 15 is 0 Å². The quantitative estimate of drug-likeness (QED) is 0.309. The topological polar surface area (TPSA) is 168 Å². The van der Waals surface area contributed by atoms with Crippen molar-refractivity contribution in [3.63, 3.8) is 0 Å². The van der Waals surface area contributed by atoms with Gasteiger partial charge in [0.1, 0.15) is 17.7 Å². The van der Waals surface area contributed by atoms with E-state index in [-0.39, 0.29) is 16.7 Å². The van der Waals surface area contributed by atoms with Crippen molar-refractivity contribution in [2.75, 3.05) is 12.3 Å². The molecule has 2 aromatic rings. The zero-order chi connectivity index (χ0) is 16.8. The predicted octanol–water partition coefficient (Wildman–Crippen LogP) is 0.165. The van der Waals surface area contributed by atoms with E-state index in [4.69, 9.17) is 27.6 Å². The van der Waals surface area contributed by atoms with Crippen LogP contribution in [-0.4, -0.2) is 54.6 Å². The molecule has 1 fully saturated rings. The van der Waals surface area contributed by atoms with Crippen molar-refractivity contribution in [1.29, 1.82) is 0 Å². The molecular weight excluding hydrogens is 328 g/mol. The van der Waals surface area contributed by atoms with Crippen molar-refractivity contribution >= 4 is 28.6 Å². The molecule has 11 nitrogen and oxygen atoms in total. The zero-order valence-electron chi connectivity index (χ0n) is 11.9. The lowest BCUT2D eigenvalue weighted by atomic mass is 10.0. The molecule has 0 spiro atoms. The minimum atomic E-state index is -1.34. The van der Waals surface area contributed by atoms with Crippen molar-refractivity contribution in [3.8, 4) is 0 Å². The molecule has 1 aliphatic rings. The monoisotopic (exact) mass is 340 g/mol. The van der Waals surface area contributed by atoms with Crippen LogP contribution >= 0.6 is 11.6 Å². The molecule has 3 rings (SSSR count). The Bertz CT molecular complexity index is 806. The molecule has 1 unspecified atom stereocenters. The number of nitrogens with two attached hydrogens (primary N) is 1. The van der Waals surface area contributed by atoms with Gasteiger partial charge in [0, 0.05) is 4.91 Å². The number of imidazole rings is 1. The third-order valence-electron chi connectivity index (χ3n) is 3.87. The Labute approximate surface area is 134 Å². The summed E-state index contributed by atoms with van der Waals surface area (Å²) in [5, 5.41) is 23.1. The molecule has 0 bridgehead atoms. The Hall–Kier alpha value is -2.17. The van der Waals surface area contributed by atoms with Crippen molar-refractivity contribution in [1.82, 2.24) is 19.5 Å². The number of nitrogens with zero attached hydrogens (tertiary/aromatic N) is 7. The fraction of sp³-hybridized carbons (Fsp3) is 0.545. The smallest absolute Gasteiger partial charge is 0.226 e. The summed E-state index contributed by atoms with van der Waals surface area (Å²) in [5.74, 6) is 0.0833. The highest BCUT2D eigenvalue weighted by molar-refractivity contribution is 6.28. The molecule has 122 valence electrons. The van der Waals surface area contributed by atoms with Crippen LogP contribution < -0.4 is 5.73 Å². The van der Waals surface area contributed by atoms with Crippen LogP contribution in [0.2, 0.25) is 5.28 Å². The van der Waals surface area contributed by atoms with Crippen molar-refractivity contribution in [3.05, 3.63) is 22.1 Å². The van der Waals surface area contributed by atoms with E-state index in [9.17, 15) is 10.2 Å². The summed E-state index contributed by atoms with van der Waals surface area (Å²) < 4.78 is 7.17. The molecule has 4 atom stereocenters. The average molecular weight is 341 g/mol. The van der Waals surface area contributed by atoms with E-state index < -0.39 is 30.6 Å². The van der Waals surface area contributed by atoms with Gasteiger partial charge in [0.2, 0.25) is 5.28 Å². The van der Waals surface area contributed by atoms with E-state index in [2.05, 4.69) is 25.0 Å². The first-order valence-electron chi connectivity index (χ1n) is 6.60. The lowest BCUT2D eigenvalue weighted by Crippen LogP contribution is -2.41. The SMILES string of the molecule is C[C@@]1(n2cnc3c(N)nc(Cl)nc32)O[C@H](CO)[C@@H](O)C1N=[N+]=[N-]. The number of rotatable bonds is 3. The van der Waals surface area contributed by atoms with Crippen molar-refractivity contribution < 1.29 is 14.9 Å². The maximum absolute atomic E-state index is 10.2. The van der Waals surface area contributed by atoms with Gasteiger partial charge in [0.05, 0.1) is 19.0 Å². The first-order chi connectivity index (χ1) is 10.9. The summed E-state index contributed by atoms with van der Waals surface area (Å²) in [4.78, 5) is 14.7. The number of hydrogen-bond donors (Lipinski definition) is 3. The Kier molecular flexibility index (Phi) is 3.74. The van der Waals surface area contributed by atoms with E-state index in [1.54, 1.807) is 6.92 Å². The third kappa shape index (κ3) is 2.26. The Morgan fingerprint density at radius 2 is 2.35 bits per heavy atom. The number of hydrogen-bond acceptors (Lipinski definition) is 8. The fourth-order valence-corrected chi connectivity index (χ4v) is 2.93. The van der Waals surface area contributed by atoms with Gasteiger partial charge >= 0.3 is 0 Å². The highest BCUT2D eigenvalue weighted by atomic mass is 35.5. The highest BCUT2D eigenvalue weighted by Gasteiger charge is 2.53. The number of aliphatic hydroxyl groups is 2. The molecule has 23 heavy (non-hydrogen) atoms. The standard InChI is InChI=1S/C11H13ClN8O3/c1-11(7(18-19-14)6(22)4(2-21)23-11)20-3-15-5-8(13)16-10(12)17-9(5)20/h3-4,6-7,21-22H,2H2,1H3,(H2,13,16,17)/t4-,6-,7?,11-/m1/s1. The Balaban J connectivity index is 2.21. The van der Waals surface area contributed by atoms with E-state index in [1.165, 1.54) is 10.9 Å². The van der Waals surface area contributed by atoms with Crippen LogP contribution in [-0.2, 0) is 10.5 Å². The van der Waals surface area contributed by atoms with Gasteiger partial charge in [-0.05, 0) is 24.1 Å². The van der Waals surface area contributed by atoms with E-state index in [0.717, 1.165) is 0 Å². The first-order valence-corrected chi connectivity index (χ1v) is 6.97. The zero-order valence-corrected chi connectivity index (χ0v) is 12.7. The number of aliphatic hydroxyl groups excluding tert-OH is 2. The number of aromatic nitrogens is 4. The van der Waals surface area contributed by atoms with Gasteiger partial charge in [0.15, 0.2) is 17.2 Å². The van der Waals surface area contributed by atoms with Crippen LogP contribution in [0, 0.1) is 0 Å². The number of anilines is 1. The second-order valence-corrected chi connectivity index (χ2v) is 5.54. The maximum atomic E-state index is 10.2. The van der Waals surface area contributed by atoms with Crippen molar-refractivity contribution in [2.45, 2.75) is 30.9 Å². The summed E-state index contributed by atoms with van der Waals surface area (Å²) in [6.07, 6.45) is -0.756. The predicted molar refractivity (Wildman–Crippen MR) is 79.3 cm³/mol. The van der Waals surface area contributed by atoms with Crippen LogP contribution in [0.15, 0.2) is 11.4 Å². The van der Waals surface area contributed by atoms with E-state index in [1.807, 2.05) is 0 Å². The third-order valence-corrected chi connectivity index (χ3v) is 4.04. The molecule has 12 heteroatoms. The minimum Gasteiger partial charge on any atom is -0.394 e. The van der Waals surface area contributed by atoms with Gasteiger partial charge in [-0.2, -0.15) is 9.97 Å². The number of ether oxygens (including phenoxy) is 1. The van der Waals surface area contributed by atoms with Gasteiger partial charge in [-0.15, -0.1) is 0 Å². The molecule has 3 heterocycles. The molecular formula is C11H13ClN8O3. The second kappa shape index (κ2) is 5.48. The summed E-state index contributed by atoms with van der Waals surface area (Å²) in [6, 6.07) is -1.02. The molecule has 1 saturated heterocycles. The Morgan fingerprint density at radius 1 is 1.61 bits per heavy atom. The van der Waals surface area contributed by atoms with Crippen LogP contribution in [0.4, 0.5) is 5.82 Å². The Morgan fingerprint density at radius 3 is 3.00 bits per heavy atom.